The van der Waals surface area contributed by atoms with Crippen LogP contribution in [0.15, 0.2) is 6.20 Å². The first-order valence-electron chi connectivity index (χ1n) is 2.83. The fraction of sp³-hybridized carbons (Fsp3) is 0.167. The first-order valence-corrected chi connectivity index (χ1v) is 2.83. The molecule has 1 aromatic rings. The highest BCUT2D eigenvalue weighted by molar-refractivity contribution is 5.85. The summed E-state index contributed by atoms with van der Waals surface area (Å²) in [4.78, 5) is 17.1. The van der Waals surface area contributed by atoms with Gasteiger partial charge in [-0.25, -0.2) is 19.2 Å². The number of hydrogen-bond donors (Lipinski definition) is 1. The quantitative estimate of drug-likeness (QED) is 0.647. The molecule has 0 radical (unpaired) electrons. The highest BCUT2D eigenvalue weighted by Gasteiger charge is 2.11. The van der Waals surface area contributed by atoms with Gasteiger partial charge in [-0.1, -0.05) is 0 Å². The molecule has 1 rings (SSSR count). The van der Waals surface area contributed by atoms with E-state index in [9.17, 15) is 9.18 Å². The fourth-order valence-electron chi connectivity index (χ4n) is 0.605. The Bertz CT molecular complexity index is 301. The van der Waals surface area contributed by atoms with Gasteiger partial charge in [-0.15, -0.1) is 0 Å². The lowest BCUT2D eigenvalue weighted by Gasteiger charge is -1.95. The second-order valence-corrected chi connectivity index (χ2v) is 1.92. The molecular weight excluding hydrogens is 151 g/mol. The topological polar surface area (TPSA) is 63.1 Å². The second-order valence-electron chi connectivity index (χ2n) is 1.92. The number of carboxylic acid groups (broad SMARTS) is 1. The minimum absolute atomic E-state index is 0.240. The number of aromatic carboxylic acids is 1. The Balaban J connectivity index is 3.23. The van der Waals surface area contributed by atoms with E-state index in [0.717, 1.165) is 6.20 Å². The van der Waals surface area contributed by atoms with E-state index in [4.69, 9.17) is 5.11 Å². The SMILES string of the molecule is Cc1ncc(F)c(C(=O)O)n1. The van der Waals surface area contributed by atoms with Crippen molar-refractivity contribution < 1.29 is 14.3 Å². The van der Waals surface area contributed by atoms with E-state index in [0.29, 0.717) is 0 Å². The summed E-state index contributed by atoms with van der Waals surface area (Å²) < 4.78 is 12.5. The number of aromatic nitrogens is 2. The molecule has 0 aliphatic carbocycles. The fourth-order valence-corrected chi connectivity index (χ4v) is 0.605. The zero-order valence-electron chi connectivity index (χ0n) is 5.71. The van der Waals surface area contributed by atoms with Crippen molar-refractivity contribution in [3.63, 3.8) is 0 Å². The minimum atomic E-state index is -1.38. The van der Waals surface area contributed by atoms with E-state index in [1.807, 2.05) is 0 Å². The Kier molecular flexibility index (Phi) is 1.80. The van der Waals surface area contributed by atoms with E-state index >= 15 is 0 Å². The van der Waals surface area contributed by atoms with Crippen molar-refractivity contribution in [3.8, 4) is 0 Å². The molecule has 0 aliphatic heterocycles. The van der Waals surface area contributed by atoms with Gasteiger partial charge in [0, 0.05) is 0 Å². The normalized spacial score (nSPS) is 9.64. The van der Waals surface area contributed by atoms with Crippen LogP contribution >= 0.6 is 0 Å². The second kappa shape index (κ2) is 2.61. The molecule has 0 amide bonds. The van der Waals surface area contributed by atoms with Crippen LogP contribution in [0.25, 0.3) is 0 Å². The summed E-state index contributed by atoms with van der Waals surface area (Å²) in [6.07, 6.45) is 0.839. The summed E-state index contributed by atoms with van der Waals surface area (Å²) in [5.74, 6) is -2.06. The Morgan fingerprint density at radius 2 is 2.36 bits per heavy atom. The van der Waals surface area contributed by atoms with Gasteiger partial charge in [-0.2, -0.15) is 0 Å². The number of rotatable bonds is 1. The molecule has 0 unspecified atom stereocenters. The maximum atomic E-state index is 12.5. The van der Waals surface area contributed by atoms with Gasteiger partial charge in [0.2, 0.25) is 0 Å². The average Bonchev–Trinajstić information content (AvgIpc) is 1.94. The summed E-state index contributed by atoms with van der Waals surface area (Å²) in [5, 5.41) is 8.36. The molecule has 0 aromatic carbocycles. The van der Waals surface area contributed by atoms with Crippen LogP contribution in [0.5, 0.6) is 0 Å². The van der Waals surface area contributed by atoms with Crippen molar-refractivity contribution in [2.45, 2.75) is 6.92 Å². The summed E-state index contributed by atoms with van der Waals surface area (Å²) in [6.45, 7) is 1.49. The molecule has 4 nitrogen and oxygen atoms in total. The minimum Gasteiger partial charge on any atom is -0.476 e. The number of halogens is 1. The van der Waals surface area contributed by atoms with Crippen molar-refractivity contribution in [2.24, 2.45) is 0 Å². The third-order valence-corrected chi connectivity index (χ3v) is 1.07. The van der Waals surface area contributed by atoms with Gasteiger partial charge in [0.1, 0.15) is 5.82 Å². The van der Waals surface area contributed by atoms with E-state index in [-0.39, 0.29) is 5.82 Å². The number of aryl methyl sites for hydroxylation is 1. The van der Waals surface area contributed by atoms with Crippen molar-refractivity contribution in [2.75, 3.05) is 0 Å². The van der Waals surface area contributed by atoms with E-state index in [1.165, 1.54) is 6.92 Å². The van der Waals surface area contributed by atoms with E-state index < -0.39 is 17.5 Å². The zero-order chi connectivity index (χ0) is 8.43. The van der Waals surface area contributed by atoms with Crippen LogP contribution in [0.3, 0.4) is 0 Å². The van der Waals surface area contributed by atoms with Crippen LogP contribution in [0, 0.1) is 12.7 Å². The molecule has 5 heteroatoms. The summed E-state index contributed by atoms with van der Waals surface area (Å²) in [5.41, 5.74) is -0.586. The van der Waals surface area contributed by atoms with Crippen LogP contribution in [-0.2, 0) is 0 Å². The lowest BCUT2D eigenvalue weighted by Crippen LogP contribution is -2.06. The van der Waals surface area contributed by atoms with E-state index in [1.54, 1.807) is 0 Å². The molecule has 0 atom stereocenters. The first-order chi connectivity index (χ1) is 5.11. The van der Waals surface area contributed by atoms with Gasteiger partial charge < -0.3 is 5.11 Å². The molecule has 1 heterocycles. The highest BCUT2D eigenvalue weighted by atomic mass is 19.1. The largest absolute Gasteiger partial charge is 0.476 e. The van der Waals surface area contributed by atoms with Crippen LogP contribution < -0.4 is 0 Å². The molecule has 0 saturated carbocycles. The Morgan fingerprint density at radius 1 is 1.73 bits per heavy atom. The Labute approximate surface area is 61.7 Å². The number of carbonyl (C=O) groups is 1. The summed E-state index contributed by atoms with van der Waals surface area (Å²) in [6, 6.07) is 0. The Morgan fingerprint density at radius 3 is 2.82 bits per heavy atom. The molecule has 0 bridgehead atoms. The summed E-state index contributed by atoms with van der Waals surface area (Å²) >= 11 is 0. The van der Waals surface area contributed by atoms with Crippen molar-refractivity contribution in [1.82, 2.24) is 9.97 Å². The molecule has 11 heavy (non-hydrogen) atoms. The van der Waals surface area contributed by atoms with Gasteiger partial charge in [0.15, 0.2) is 11.5 Å². The molecule has 0 spiro atoms. The zero-order valence-corrected chi connectivity index (χ0v) is 5.71. The smallest absolute Gasteiger partial charge is 0.357 e. The third-order valence-electron chi connectivity index (χ3n) is 1.07. The van der Waals surface area contributed by atoms with Crippen molar-refractivity contribution in [1.29, 1.82) is 0 Å². The van der Waals surface area contributed by atoms with Crippen LogP contribution in [0.1, 0.15) is 16.3 Å². The molecule has 0 saturated heterocycles. The Hall–Kier alpha value is -1.52. The van der Waals surface area contributed by atoms with Crippen LogP contribution in [0.4, 0.5) is 4.39 Å². The maximum absolute atomic E-state index is 12.5. The van der Waals surface area contributed by atoms with Gasteiger partial charge >= 0.3 is 5.97 Å². The van der Waals surface area contributed by atoms with Crippen LogP contribution in [-0.4, -0.2) is 21.0 Å². The third kappa shape index (κ3) is 1.49. The monoisotopic (exact) mass is 156 g/mol. The predicted octanol–water partition coefficient (Wildman–Crippen LogP) is 0.622. The molecular formula is C6H5FN2O2. The first kappa shape index (κ1) is 7.59. The van der Waals surface area contributed by atoms with Gasteiger partial charge in [0.05, 0.1) is 6.20 Å². The van der Waals surface area contributed by atoms with Crippen molar-refractivity contribution in [3.05, 3.63) is 23.5 Å². The van der Waals surface area contributed by atoms with Gasteiger partial charge in [-0.3, -0.25) is 0 Å². The average molecular weight is 156 g/mol. The maximum Gasteiger partial charge on any atom is 0.357 e. The number of nitrogens with zero attached hydrogens (tertiary/aromatic N) is 2. The van der Waals surface area contributed by atoms with Gasteiger partial charge in [0.25, 0.3) is 0 Å². The molecule has 0 aliphatic rings. The number of carboxylic acids is 1. The van der Waals surface area contributed by atoms with Gasteiger partial charge in [-0.05, 0) is 6.92 Å². The van der Waals surface area contributed by atoms with E-state index in [2.05, 4.69) is 9.97 Å². The molecule has 1 N–H and O–H groups in total. The molecule has 0 fully saturated rings. The highest BCUT2D eigenvalue weighted by Crippen LogP contribution is 2.01. The predicted molar refractivity (Wildman–Crippen MR) is 33.7 cm³/mol. The lowest BCUT2D eigenvalue weighted by atomic mass is 10.4. The standard InChI is InChI=1S/C6H5FN2O2/c1-3-8-2-4(7)5(9-3)6(10)11/h2H,1H3,(H,10,11). The summed E-state index contributed by atoms with van der Waals surface area (Å²) in [7, 11) is 0. The van der Waals surface area contributed by atoms with Crippen molar-refractivity contribution >= 4 is 5.97 Å². The number of hydrogen-bond acceptors (Lipinski definition) is 3. The lowest BCUT2D eigenvalue weighted by molar-refractivity contribution is 0.0684. The van der Waals surface area contributed by atoms with Crippen LogP contribution in [0.2, 0.25) is 0 Å². The molecule has 58 valence electrons. The molecule has 1 aromatic heterocycles.